The maximum absolute atomic E-state index is 12.4. The number of methoxy groups -OCH3 is 1. The minimum Gasteiger partial charge on any atom is -0.479 e. The van der Waals surface area contributed by atoms with Gasteiger partial charge in [-0.3, -0.25) is 14.3 Å². The first kappa shape index (κ1) is 16.5. The number of aromatic nitrogens is 2. The molecule has 1 aromatic carbocycles. The first-order valence-corrected chi connectivity index (χ1v) is 7.10. The van der Waals surface area contributed by atoms with E-state index in [1.807, 2.05) is 25.1 Å². The summed E-state index contributed by atoms with van der Waals surface area (Å²) < 4.78 is 6.56. The molecule has 23 heavy (non-hydrogen) atoms. The minimum absolute atomic E-state index is 0.0647. The largest absolute Gasteiger partial charge is 0.479 e. The zero-order valence-electron chi connectivity index (χ0n) is 13.7. The van der Waals surface area contributed by atoms with Crippen LogP contribution in [0.25, 0.3) is 0 Å². The van der Waals surface area contributed by atoms with Gasteiger partial charge in [-0.25, -0.2) is 0 Å². The molecule has 122 valence electrons. The number of nitrogens with one attached hydrogen (secondary N) is 1. The Morgan fingerprint density at radius 1 is 1.39 bits per heavy atom. The molecule has 0 saturated heterocycles. The van der Waals surface area contributed by atoms with Crippen molar-refractivity contribution in [1.29, 1.82) is 0 Å². The second-order valence-electron chi connectivity index (χ2n) is 5.30. The van der Waals surface area contributed by atoms with Gasteiger partial charge in [-0.2, -0.15) is 0 Å². The van der Waals surface area contributed by atoms with Gasteiger partial charge in [0, 0.05) is 26.0 Å². The second-order valence-corrected chi connectivity index (χ2v) is 5.30. The van der Waals surface area contributed by atoms with Crippen molar-refractivity contribution >= 4 is 17.5 Å². The lowest BCUT2D eigenvalue weighted by Crippen LogP contribution is -2.35. The van der Waals surface area contributed by atoms with Crippen LogP contribution in [0.3, 0.4) is 0 Å². The highest BCUT2D eigenvalue weighted by Gasteiger charge is 2.21. The van der Waals surface area contributed by atoms with Crippen LogP contribution in [0.2, 0.25) is 0 Å². The van der Waals surface area contributed by atoms with Gasteiger partial charge in [0.05, 0.1) is 13.7 Å². The number of ether oxygens (including phenoxy) is 1. The molecule has 0 bridgehead atoms. The molecule has 2 rings (SSSR count). The molecule has 0 aliphatic heterocycles. The molecule has 0 aliphatic carbocycles. The Kier molecular flexibility index (Phi) is 5.00. The highest BCUT2D eigenvalue weighted by molar-refractivity contribution is 6.00. The van der Waals surface area contributed by atoms with Gasteiger partial charge in [-0.1, -0.05) is 12.1 Å². The Labute approximate surface area is 134 Å². The topological polar surface area (TPSA) is 76.5 Å². The molecule has 1 aromatic heterocycles. The van der Waals surface area contributed by atoms with Crippen LogP contribution < -0.4 is 10.1 Å². The Balaban J connectivity index is 2.01. The molecule has 1 N–H and O–H groups in total. The van der Waals surface area contributed by atoms with Crippen molar-refractivity contribution in [2.75, 3.05) is 26.0 Å². The van der Waals surface area contributed by atoms with Crippen molar-refractivity contribution in [3.05, 3.63) is 41.6 Å². The number of amides is 2. The molecule has 0 radical (unpaired) electrons. The van der Waals surface area contributed by atoms with Crippen LogP contribution in [0, 0.1) is 6.92 Å². The summed E-state index contributed by atoms with van der Waals surface area (Å²) in [4.78, 5) is 25.8. The predicted octanol–water partition coefficient (Wildman–Crippen LogP) is 1.45. The molecular weight excluding hydrogens is 296 g/mol. The zero-order chi connectivity index (χ0) is 17.0. The van der Waals surface area contributed by atoms with Gasteiger partial charge in [-0.05, 0) is 24.6 Å². The van der Waals surface area contributed by atoms with Gasteiger partial charge < -0.3 is 15.0 Å². The van der Waals surface area contributed by atoms with Crippen molar-refractivity contribution in [2.45, 2.75) is 6.92 Å². The van der Waals surface area contributed by atoms with E-state index < -0.39 is 0 Å². The van der Waals surface area contributed by atoms with E-state index in [1.165, 1.54) is 16.7 Å². The molecule has 0 fully saturated rings. The number of hydrogen-bond donors (Lipinski definition) is 1. The van der Waals surface area contributed by atoms with Gasteiger partial charge >= 0.3 is 0 Å². The van der Waals surface area contributed by atoms with E-state index >= 15 is 0 Å². The molecule has 7 nitrogen and oxygen atoms in total. The first-order valence-electron chi connectivity index (χ1n) is 7.10. The molecule has 2 aromatic rings. The van der Waals surface area contributed by atoms with Gasteiger partial charge in [0.15, 0.2) is 0 Å². The summed E-state index contributed by atoms with van der Waals surface area (Å²) >= 11 is 0. The van der Waals surface area contributed by atoms with Crippen LogP contribution >= 0.6 is 0 Å². The standard InChI is InChI=1S/C16H20N4O3/c1-11-6-5-7-12(8-11)17-14(21)10-19(2)16(22)13-9-20(3)18-15(13)23-4/h5-9H,10H2,1-4H3,(H,17,21). The number of carbonyl (C=O) groups is 2. The Hall–Kier alpha value is -2.83. The maximum atomic E-state index is 12.4. The van der Waals surface area contributed by atoms with Gasteiger partial charge in [0.25, 0.3) is 5.91 Å². The summed E-state index contributed by atoms with van der Waals surface area (Å²) in [6.07, 6.45) is 1.57. The van der Waals surface area contributed by atoms with E-state index in [0.717, 1.165) is 5.56 Å². The lowest BCUT2D eigenvalue weighted by molar-refractivity contribution is -0.116. The summed E-state index contributed by atoms with van der Waals surface area (Å²) in [5.74, 6) is -0.355. The third-order valence-electron chi connectivity index (χ3n) is 3.25. The number of rotatable bonds is 5. The molecule has 0 spiro atoms. The number of anilines is 1. The molecule has 0 atom stereocenters. The number of likely N-dealkylation sites (N-methyl/N-ethyl adjacent to an activating group) is 1. The lowest BCUT2D eigenvalue weighted by atomic mass is 10.2. The number of benzene rings is 1. The molecule has 0 aliphatic rings. The minimum atomic E-state index is -0.325. The zero-order valence-corrected chi connectivity index (χ0v) is 13.7. The molecular formula is C16H20N4O3. The SMILES string of the molecule is COc1nn(C)cc1C(=O)N(C)CC(=O)Nc1cccc(C)c1. The second kappa shape index (κ2) is 6.95. The maximum Gasteiger partial charge on any atom is 0.261 e. The van der Waals surface area contributed by atoms with Crippen molar-refractivity contribution in [2.24, 2.45) is 7.05 Å². The summed E-state index contributed by atoms with van der Waals surface area (Å²) in [5.41, 5.74) is 2.07. The third kappa shape index (κ3) is 4.09. The van der Waals surface area contributed by atoms with Crippen LogP contribution in [-0.2, 0) is 11.8 Å². The van der Waals surface area contributed by atoms with Gasteiger partial charge in [0.2, 0.25) is 11.8 Å². The summed E-state index contributed by atoms with van der Waals surface area (Å²) in [7, 11) is 4.71. The fraction of sp³-hybridized carbons (Fsp3) is 0.312. The Bertz CT molecular complexity index is 724. The normalized spacial score (nSPS) is 10.3. The van der Waals surface area contributed by atoms with E-state index in [4.69, 9.17) is 4.74 Å². The molecule has 0 saturated carbocycles. The van der Waals surface area contributed by atoms with Crippen LogP contribution in [0.4, 0.5) is 5.69 Å². The average Bonchev–Trinajstić information content (AvgIpc) is 2.87. The van der Waals surface area contributed by atoms with Gasteiger partial charge in [-0.15, -0.1) is 5.10 Å². The molecule has 0 unspecified atom stereocenters. The van der Waals surface area contributed by atoms with E-state index in [-0.39, 0.29) is 24.2 Å². The molecule has 2 amide bonds. The van der Waals surface area contributed by atoms with E-state index in [9.17, 15) is 9.59 Å². The number of nitrogens with zero attached hydrogens (tertiary/aromatic N) is 3. The van der Waals surface area contributed by atoms with Crippen LogP contribution in [-0.4, -0.2) is 47.2 Å². The quantitative estimate of drug-likeness (QED) is 0.906. The molecule has 7 heteroatoms. The summed E-state index contributed by atoms with van der Waals surface area (Å²) in [6, 6.07) is 7.47. The van der Waals surface area contributed by atoms with Crippen LogP contribution in [0.15, 0.2) is 30.5 Å². The van der Waals surface area contributed by atoms with Crippen LogP contribution in [0.5, 0.6) is 5.88 Å². The highest BCUT2D eigenvalue weighted by Crippen LogP contribution is 2.16. The fourth-order valence-electron chi connectivity index (χ4n) is 2.18. The average molecular weight is 316 g/mol. The van der Waals surface area contributed by atoms with E-state index in [0.29, 0.717) is 11.3 Å². The summed E-state index contributed by atoms with van der Waals surface area (Å²) in [5, 5.41) is 6.80. The summed E-state index contributed by atoms with van der Waals surface area (Å²) in [6.45, 7) is 1.88. The molecule has 1 heterocycles. The Morgan fingerprint density at radius 3 is 2.78 bits per heavy atom. The third-order valence-corrected chi connectivity index (χ3v) is 3.25. The highest BCUT2D eigenvalue weighted by atomic mass is 16.5. The Morgan fingerprint density at radius 2 is 2.13 bits per heavy atom. The number of aryl methyl sites for hydroxylation is 2. The van der Waals surface area contributed by atoms with E-state index in [2.05, 4.69) is 10.4 Å². The fourth-order valence-corrected chi connectivity index (χ4v) is 2.18. The first-order chi connectivity index (χ1) is 10.9. The monoisotopic (exact) mass is 316 g/mol. The number of carbonyl (C=O) groups excluding carboxylic acids is 2. The van der Waals surface area contributed by atoms with Gasteiger partial charge in [0.1, 0.15) is 5.56 Å². The lowest BCUT2D eigenvalue weighted by Gasteiger charge is -2.16. The van der Waals surface area contributed by atoms with Crippen LogP contribution in [0.1, 0.15) is 15.9 Å². The van der Waals surface area contributed by atoms with Crippen molar-refractivity contribution in [3.8, 4) is 5.88 Å². The predicted molar refractivity (Wildman–Crippen MR) is 86.5 cm³/mol. The van der Waals surface area contributed by atoms with Crippen molar-refractivity contribution in [1.82, 2.24) is 14.7 Å². The van der Waals surface area contributed by atoms with Crippen molar-refractivity contribution < 1.29 is 14.3 Å². The van der Waals surface area contributed by atoms with E-state index in [1.54, 1.807) is 26.4 Å². The number of hydrogen-bond acceptors (Lipinski definition) is 4. The van der Waals surface area contributed by atoms with Crippen molar-refractivity contribution in [3.63, 3.8) is 0 Å². The smallest absolute Gasteiger partial charge is 0.261 e.